The van der Waals surface area contributed by atoms with Gasteiger partial charge in [0.2, 0.25) is 0 Å². The third-order valence-electron chi connectivity index (χ3n) is 3.17. The van der Waals surface area contributed by atoms with E-state index in [1.807, 2.05) is 36.4 Å². The van der Waals surface area contributed by atoms with Gasteiger partial charge in [-0.15, -0.1) is 0 Å². The van der Waals surface area contributed by atoms with Gasteiger partial charge >= 0.3 is 0 Å². The van der Waals surface area contributed by atoms with E-state index in [1.54, 1.807) is 13.8 Å². The van der Waals surface area contributed by atoms with E-state index in [1.165, 1.54) is 0 Å². The summed E-state index contributed by atoms with van der Waals surface area (Å²) < 4.78 is 20.2. The van der Waals surface area contributed by atoms with Crippen LogP contribution >= 0.6 is 15.9 Å². The van der Waals surface area contributed by atoms with Gasteiger partial charge in [0.15, 0.2) is 0 Å². The Labute approximate surface area is 133 Å². The highest BCUT2D eigenvalue weighted by Gasteiger charge is 2.03. The normalized spacial score (nSPS) is 10.7. The molecule has 2 rings (SSSR count). The first-order chi connectivity index (χ1) is 10.1. The van der Waals surface area contributed by atoms with Gasteiger partial charge in [-0.1, -0.05) is 34.1 Å². The maximum atomic E-state index is 13.5. The van der Waals surface area contributed by atoms with E-state index in [4.69, 9.17) is 4.74 Å². The van der Waals surface area contributed by atoms with Crippen molar-refractivity contribution in [1.82, 2.24) is 5.32 Å². The van der Waals surface area contributed by atoms with Crippen LogP contribution in [0.3, 0.4) is 0 Å². The highest BCUT2D eigenvalue weighted by atomic mass is 79.9. The van der Waals surface area contributed by atoms with Crippen LogP contribution in [0.4, 0.5) is 4.39 Å². The monoisotopic (exact) mass is 351 g/mol. The molecular formula is C17H19BrFNO. The molecule has 0 unspecified atom stereocenters. The molecule has 0 atom stereocenters. The largest absolute Gasteiger partial charge is 0.492 e. The van der Waals surface area contributed by atoms with Crippen molar-refractivity contribution in [2.75, 3.05) is 13.2 Å². The summed E-state index contributed by atoms with van der Waals surface area (Å²) in [7, 11) is 0. The van der Waals surface area contributed by atoms with Gasteiger partial charge in [0.25, 0.3) is 0 Å². The Balaban J connectivity index is 1.75. The summed E-state index contributed by atoms with van der Waals surface area (Å²) in [4.78, 5) is 0. The number of hydrogen-bond donors (Lipinski definition) is 1. The Morgan fingerprint density at radius 1 is 1.14 bits per heavy atom. The Hall–Kier alpha value is -1.39. The molecular weight excluding hydrogens is 333 g/mol. The fourth-order valence-electron chi connectivity index (χ4n) is 2.17. The van der Waals surface area contributed by atoms with Gasteiger partial charge in [0.05, 0.1) is 0 Å². The minimum absolute atomic E-state index is 0.114. The molecule has 1 N–H and O–H groups in total. The van der Waals surface area contributed by atoms with Crippen LogP contribution in [-0.2, 0) is 6.54 Å². The smallest absolute Gasteiger partial charge is 0.129 e. The molecule has 2 aromatic rings. The van der Waals surface area contributed by atoms with E-state index in [0.29, 0.717) is 24.3 Å². The molecule has 0 heterocycles. The van der Waals surface area contributed by atoms with Crippen molar-refractivity contribution in [2.24, 2.45) is 0 Å². The number of benzene rings is 2. The number of halogens is 2. The van der Waals surface area contributed by atoms with Gasteiger partial charge < -0.3 is 10.1 Å². The molecule has 0 aromatic heterocycles. The topological polar surface area (TPSA) is 21.3 Å². The molecule has 0 saturated heterocycles. The van der Waals surface area contributed by atoms with E-state index < -0.39 is 0 Å². The molecule has 0 spiro atoms. The fourth-order valence-corrected chi connectivity index (χ4v) is 2.55. The number of rotatable bonds is 6. The van der Waals surface area contributed by atoms with Crippen molar-refractivity contribution < 1.29 is 9.13 Å². The lowest BCUT2D eigenvalue weighted by Gasteiger charge is -2.10. The zero-order valence-corrected chi connectivity index (χ0v) is 13.8. The van der Waals surface area contributed by atoms with Crippen molar-refractivity contribution in [3.05, 3.63) is 63.4 Å². The molecule has 112 valence electrons. The van der Waals surface area contributed by atoms with Crippen LogP contribution in [0.15, 0.2) is 40.9 Å². The molecule has 2 aromatic carbocycles. The van der Waals surface area contributed by atoms with Crippen molar-refractivity contribution in [3.63, 3.8) is 0 Å². The quantitative estimate of drug-likeness (QED) is 0.780. The molecule has 0 aliphatic carbocycles. The van der Waals surface area contributed by atoms with Gasteiger partial charge in [-0.25, -0.2) is 4.39 Å². The number of hydrogen-bond acceptors (Lipinski definition) is 2. The maximum Gasteiger partial charge on any atom is 0.129 e. The predicted molar refractivity (Wildman–Crippen MR) is 87.2 cm³/mol. The van der Waals surface area contributed by atoms with Crippen LogP contribution in [-0.4, -0.2) is 13.2 Å². The zero-order chi connectivity index (χ0) is 15.2. The number of aryl methyl sites for hydroxylation is 2. The van der Waals surface area contributed by atoms with Crippen molar-refractivity contribution in [1.29, 1.82) is 0 Å². The van der Waals surface area contributed by atoms with Gasteiger partial charge in [0, 0.05) is 17.6 Å². The second-order valence-corrected chi connectivity index (χ2v) is 5.94. The minimum atomic E-state index is -0.114. The van der Waals surface area contributed by atoms with E-state index in [0.717, 1.165) is 22.3 Å². The number of ether oxygens (including phenoxy) is 1. The lowest BCUT2D eigenvalue weighted by atomic mass is 10.1. The first-order valence-corrected chi connectivity index (χ1v) is 7.70. The lowest BCUT2D eigenvalue weighted by molar-refractivity contribution is 0.313. The van der Waals surface area contributed by atoms with E-state index in [2.05, 4.69) is 21.2 Å². The Kier molecular flexibility index (Phi) is 5.76. The van der Waals surface area contributed by atoms with Gasteiger partial charge in [-0.3, -0.25) is 0 Å². The van der Waals surface area contributed by atoms with Crippen LogP contribution in [0, 0.1) is 19.7 Å². The predicted octanol–water partition coefficient (Wildman–Crippen LogP) is 4.37. The number of nitrogens with one attached hydrogen (secondary N) is 1. The van der Waals surface area contributed by atoms with Crippen LogP contribution < -0.4 is 10.1 Å². The Bertz CT molecular complexity index is 592. The molecule has 0 amide bonds. The van der Waals surface area contributed by atoms with Gasteiger partial charge in [-0.2, -0.15) is 0 Å². The van der Waals surface area contributed by atoms with Crippen molar-refractivity contribution in [2.45, 2.75) is 20.4 Å². The highest BCUT2D eigenvalue weighted by Crippen LogP contribution is 2.17. The molecule has 0 aliphatic heterocycles. The second kappa shape index (κ2) is 7.57. The summed E-state index contributed by atoms with van der Waals surface area (Å²) in [5.74, 6) is 0.733. The molecule has 0 radical (unpaired) electrons. The Morgan fingerprint density at radius 2 is 1.86 bits per heavy atom. The van der Waals surface area contributed by atoms with E-state index in [-0.39, 0.29) is 5.82 Å². The highest BCUT2D eigenvalue weighted by molar-refractivity contribution is 9.10. The molecule has 0 saturated carbocycles. The Morgan fingerprint density at radius 3 is 2.52 bits per heavy atom. The fraction of sp³-hybridized carbons (Fsp3) is 0.294. The van der Waals surface area contributed by atoms with Crippen LogP contribution in [0.5, 0.6) is 5.75 Å². The average molecular weight is 352 g/mol. The molecule has 0 bridgehead atoms. The van der Waals surface area contributed by atoms with Gasteiger partial charge in [-0.05, 0) is 48.7 Å². The first-order valence-electron chi connectivity index (χ1n) is 6.91. The summed E-state index contributed by atoms with van der Waals surface area (Å²) >= 11 is 3.41. The van der Waals surface area contributed by atoms with Gasteiger partial charge in [0.1, 0.15) is 18.2 Å². The van der Waals surface area contributed by atoms with Crippen LogP contribution in [0.1, 0.15) is 16.7 Å². The summed E-state index contributed by atoms with van der Waals surface area (Å²) in [5.41, 5.74) is 2.48. The zero-order valence-electron chi connectivity index (χ0n) is 12.2. The van der Waals surface area contributed by atoms with Crippen molar-refractivity contribution >= 4 is 15.9 Å². The molecule has 21 heavy (non-hydrogen) atoms. The standard InChI is InChI=1S/C17H19BrFNO/c1-12-8-14(9-13(2)17(12)19)11-20-6-7-21-16-5-3-4-15(18)10-16/h3-5,8-10,20H,6-7,11H2,1-2H3. The third kappa shape index (κ3) is 4.83. The van der Waals surface area contributed by atoms with E-state index in [9.17, 15) is 4.39 Å². The molecule has 0 aliphatic rings. The van der Waals surface area contributed by atoms with Crippen LogP contribution in [0.25, 0.3) is 0 Å². The first kappa shape index (κ1) is 16.0. The SMILES string of the molecule is Cc1cc(CNCCOc2cccc(Br)c2)cc(C)c1F. The minimum Gasteiger partial charge on any atom is -0.492 e. The molecule has 2 nitrogen and oxygen atoms in total. The summed E-state index contributed by atoms with van der Waals surface area (Å²) in [6.07, 6.45) is 0. The third-order valence-corrected chi connectivity index (χ3v) is 3.66. The second-order valence-electron chi connectivity index (χ2n) is 5.03. The lowest BCUT2D eigenvalue weighted by Crippen LogP contribution is -2.20. The summed E-state index contributed by atoms with van der Waals surface area (Å²) in [6, 6.07) is 11.5. The summed E-state index contributed by atoms with van der Waals surface area (Å²) in [5, 5.41) is 3.30. The van der Waals surface area contributed by atoms with E-state index >= 15 is 0 Å². The average Bonchev–Trinajstić information content (AvgIpc) is 2.44. The molecule has 0 fully saturated rings. The molecule has 4 heteroatoms. The summed E-state index contributed by atoms with van der Waals surface area (Å²) in [6.45, 7) is 5.63. The van der Waals surface area contributed by atoms with Crippen LogP contribution in [0.2, 0.25) is 0 Å². The maximum absolute atomic E-state index is 13.5. The van der Waals surface area contributed by atoms with Crippen molar-refractivity contribution in [3.8, 4) is 5.75 Å².